The lowest BCUT2D eigenvalue weighted by Crippen LogP contribution is -2.30. The van der Waals surface area contributed by atoms with Gasteiger partial charge in [0.15, 0.2) is 0 Å². The van der Waals surface area contributed by atoms with Crippen LogP contribution < -0.4 is 11.1 Å². The van der Waals surface area contributed by atoms with Gasteiger partial charge >= 0.3 is 0 Å². The van der Waals surface area contributed by atoms with E-state index in [1.165, 1.54) is 18.2 Å². The van der Waals surface area contributed by atoms with Gasteiger partial charge in [-0.1, -0.05) is 0 Å². The first-order chi connectivity index (χ1) is 9.95. The predicted octanol–water partition coefficient (Wildman–Crippen LogP) is 2.24. The predicted molar refractivity (Wildman–Crippen MR) is 82.6 cm³/mol. The number of hydrogen-bond acceptors (Lipinski definition) is 5. The topological polar surface area (TPSA) is 71.2 Å². The average molecular weight is 308 g/mol. The Morgan fingerprint density at radius 2 is 2.29 bits per heavy atom. The summed E-state index contributed by atoms with van der Waals surface area (Å²) in [6.07, 6.45) is 0. The lowest BCUT2D eigenvalue weighted by atomic mass is 10.2. The highest BCUT2D eigenvalue weighted by molar-refractivity contribution is 7.09. The molecule has 2 aromatic rings. The van der Waals surface area contributed by atoms with Gasteiger partial charge in [-0.3, -0.25) is 9.69 Å². The van der Waals surface area contributed by atoms with Crippen LogP contribution in [-0.2, 0) is 11.3 Å². The minimum absolute atomic E-state index is 0.196. The fraction of sp³-hybridized carbons (Fsp3) is 0.286. The molecule has 2 rings (SSSR count). The van der Waals surface area contributed by atoms with Gasteiger partial charge in [0.2, 0.25) is 5.91 Å². The largest absolute Gasteiger partial charge is 0.397 e. The van der Waals surface area contributed by atoms with Crippen LogP contribution >= 0.6 is 11.3 Å². The Bertz CT molecular complexity index is 644. The maximum atomic E-state index is 12.9. The lowest BCUT2D eigenvalue weighted by molar-refractivity contribution is -0.117. The quantitative estimate of drug-likeness (QED) is 0.831. The standard InChI is InChI=1S/C14H17FN4OS/c1-9-13(21-8-17-9)6-19(2)7-14(20)18-12-4-3-10(15)5-11(12)16/h3-5,8H,6-7,16H2,1-2H3,(H,18,20). The van der Waals surface area contributed by atoms with Crippen molar-refractivity contribution in [3.63, 3.8) is 0 Å². The van der Waals surface area contributed by atoms with E-state index in [0.717, 1.165) is 10.6 Å². The molecule has 7 heteroatoms. The second-order valence-electron chi connectivity index (χ2n) is 4.81. The number of nitrogen functional groups attached to an aromatic ring is 1. The molecule has 0 aliphatic heterocycles. The maximum Gasteiger partial charge on any atom is 0.238 e. The number of thiazole rings is 1. The van der Waals surface area contributed by atoms with E-state index in [-0.39, 0.29) is 18.1 Å². The molecular weight excluding hydrogens is 291 g/mol. The third-order valence-corrected chi connectivity index (χ3v) is 3.88. The van der Waals surface area contributed by atoms with Crippen molar-refractivity contribution in [2.45, 2.75) is 13.5 Å². The highest BCUT2D eigenvalue weighted by Gasteiger charge is 2.11. The van der Waals surface area contributed by atoms with Crippen LogP contribution in [0.15, 0.2) is 23.7 Å². The van der Waals surface area contributed by atoms with Gasteiger partial charge in [-0.05, 0) is 32.2 Å². The molecular formula is C14H17FN4OS. The van der Waals surface area contributed by atoms with Crippen LogP contribution in [0.1, 0.15) is 10.6 Å². The normalized spacial score (nSPS) is 10.9. The molecule has 3 N–H and O–H groups in total. The molecule has 1 amide bonds. The lowest BCUT2D eigenvalue weighted by Gasteiger charge is -2.16. The van der Waals surface area contributed by atoms with E-state index in [1.807, 2.05) is 18.9 Å². The Morgan fingerprint density at radius 3 is 2.90 bits per heavy atom. The molecule has 5 nitrogen and oxygen atoms in total. The number of nitrogens with zero attached hydrogens (tertiary/aromatic N) is 2. The number of rotatable bonds is 5. The molecule has 1 heterocycles. The average Bonchev–Trinajstić information content (AvgIpc) is 2.78. The third kappa shape index (κ3) is 4.24. The van der Waals surface area contributed by atoms with Crippen molar-refractivity contribution in [1.29, 1.82) is 0 Å². The molecule has 0 aliphatic rings. The second kappa shape index (κ2) is 6.64. The van der Waals surface area contributed by atoms with E-state index < -0.39 is 5.82 Å². The number of halogens is 1. The number of nitrogens with two attached hydrogens (primary N) is 1. The van der Waals surface area contributed by atoms with Crippen molar-refractivity contribution < 1.29 is 9.18 Å². The van der Waals surface area contributed by atoms with Crippen molar-refractivity contribution in [2.75, 3.05) is 24.6 Å². The number of anilines is 2. The molecule has 0 radical (unpaired) electrons. The van der Waals surface area contributed by atoms with E-state index in [9.17, 15) is 9.18 Å². The van der Waals surface area contributed by atoms with Gasteiger partial charge < -0.3 is 11.1 Å². The summed E-state index contributed by atoms with van der Waals surface area (Å²) >= 11 is 1.57. The Balaban J connectivity index is 1.90. The number of nitrogens with one attached hydrogen (secondary N) is 1. The van der Waals surface area contributed by atoms with Gasteiger partial charge in [-0.25, -0.2) is 9.37 Å². The number of aryl methyl sites for hydroxylation is 1. The van der Waals surface area contributed by atoms with Crippen molar-refractivity contribution >= 4 is 28.6 Å². The number of benzene rings is 1. The minimum Gasteiger partial charge on any atom is -0.397 e. The molecule has 21 heavy (non-hydrogen) atoms. The zero-order chi connectivity index (χ0) is 15.4. The molecule has 0 unspecified atom stereocenters. The summed E-state index contributed by atoms with van der Waals surface area (Å²) in [5.41, 5.74) is 9.06. The van der Waals surface area contributed by atoms with Crippen LogP contribution in [0.3, 0.4) is 0 Å². The van der Waals surface area contributed by atoms with Crippen LogP contribution in [0.4, 0.5) is 15.8 Å². The van der Waals surface area contributed by atoms with Gasteiger partial charge in [-0.2, -0.15) is 0 Å². The molecule has 0 spiro atoms. The van der Waals surface area contributed by atoms with E-state index in [2.05, 4.69) is 10.3 Å². The number of amides is 1. The zero-order valence-corrected chi connectivity index (χ0v) is 12.7. The van der Waals surface area contributed by atoms with E-state index in [1.54, 1.807) is 16.8 Å². The number of aromatic nitrogens is 1. The molecule has 112 valence electrons. The highest BCUT2D eigenvalue weighted by Crippen LogP contribution is 2.19. The summed E-state index contributed by atoms with van der Waals surface area (Å²) in [5, 5.41) is 2.68. The van der Waals surface area contributed by atoms with Crippen molar-refractivity contribution in [3.8, 4) is 0 Å². The van der Waals surface area contributed by atoms with Crippen LogP contribution in [0.25, 0.3) is 0 Å². The highest BCUT2D eigenvalue weighted by atomic mass is 32.1. The maximum absolute atomic E-state index is 12.9. The number of carbonyl (C=O) groups excluding carboxylic acids is 1. The summed E-state index contributed by atoms with van der Waals surface area (Å²) < 4.78 is 12.9. The Morgan fingerprint density at radius 1 is 1.52 bits per heavy atom. The molecule has 0 atom stereocenters. The van der Waals surface area contributed by atoms with Gasteiger partial charge in [0.05, 0.1) is 29.1 Å². The fourth-order valence-electron chi connectivity index (χ4n) is 1.86. The molecule has 0 bridgehead atoms. The van der Waals surface area contributed by atoms with Crippen LogP contribution in [0, 0.1) is 12.7 Å². The van der Waals surface area contributed by atoms with Crippen LogP contribution in [0.2, 0.25) is 0 Å². The number of carbonyl (C=O) groups is 1. The first-order valence-corrected chi connectivity index (χ1v) is 7.26. The molecule has 0 saturated carbocycles. The van der Waals surface area contributed by atoms with Crippen LogP contribution in [0.5, 0.6) is 0 Å². The fourth-order valence-corrected chi connectivity index (χ4v) is 2.72. The number of likely N-dealkylation sites (N-methyl/N-ethyl adjacent to an activating group) is 1. The minimum atomic E-state index is -0.428. The smallest absolute Gasteiger partial charge is 0.238 e. The van der Waals surface area contributed by atoms with Gasteiger partial charge in [0, 0.05) is 11.4 Å². The first-order valence-electron chi connectivity index (χ1n) is 6.38. The SMILES string of the molecule is Cc1ncsc1CN(C)CC(=O)Nc1ccc(F)cc1N. The molecule has 0 fully saturated rings. The van der Waals surface area contributed by atoms with Gasteiger partial charge in [0.25, 0.3) is 0 Å². The summed E-state index contributed by atoms with van der Waals surface area (Å²) in [5.74, 6) is -0.624. The first kappa shape index (κ1) is 15.4. The third-order valence-electron chi connectivity index (χ3n) is 2.96. The van der Waals surface area contributed by atoms with E-state index >= 15 is 0 Å². The summed E-state index contributed by atoms with van der Waals surface area (Å²) in [6.45, 7) is 2.82. The monoisotopic (exact) mass is 308 g/mol. The molecule has 1 aromatic heterocycles. The summed E-state index contributed by atoms with van der Waals surface area (Å²) in [7, 11) is 1.85. The van der Waals surface area contributed by atoms with Crippen molar-refractivity contribution in [2.24, 2.45) is 0 Å². The van der Waals surface area contributed by atoms with Crippen LogP contribution in [-0.4, -0.2) is 29.4 Å². The van der Waals surface area contributed by atoms with Crippen molar-refractivity contribution in [3.05, 3.63) is 40.1 Å². The molecule has 0 saturated heterocycles. The summed E-state index contributed by atoms with van der Waals surface area (Å²) in [4.78, 5) is 19.2. The second-order valence-corrected chi connectivity index (χ2v) is 5.75. The van der Waals surface area contributed by atoms with E-state index in [0.29, 0.717) is 12.2 Å². The number of hydrogen-bond donors (Lipinski definition) is 2. The van der Waals surface area contributed by atoms with Gasteiger partial charge in [0.1, 0.15) is 5.82 Å². The Labute approximate surface area is 126 Å². The Kier molecular flexibility index (Phi) is 4.87. The summed E-state index contributed by atoms with van der Waals surface area (Å²) in [6, 6.07) is 3.90. The molecule has 0 aliphatic carbocycles. The Hall–Kier alpha value is -1.99. The van der Waals surface area contributed by atoms with Gasteiger partial charge in [-0.15, -0.1) is 11.3 Å². The zero-order valence-electron chi connectivity index (χ0n) is 11.9. The van der Waals surface area contributed by atoms with E-state index in [4.69, 9.17) is 5.73 Å². The van der Waals surface area contributed by atoms with Crippen molar-refractivity contribution in [1.82, 2.24) is 9.88 Å². The molecule has 1 aromatic carbocycles.